The van der Waals surface area contributed by atoms with E-state index in [1.165, 1.54) is 18.2 Å². The molecule has 6 nitrogen and oxygen atoms in total. The number of hydrogen-bond donors (Lipinski definition) is 2. The molecule has 1 aliphatic heterocycles. The lowest BCUT2D eigenvalue weighted by molar-refractivity contribution is 0.0344. The maximum Gasteiger partial charge on any atom is 0.354 e. The van der Waals surface area contributed by atoms with Gasteiger partial charge in [0.2, 0.25) is 0 Å². The lowest BCUT2D eigenvalue weighted by Crippen LogP contribution is -2.49. The molecule has 130 valence electrons. The van der Waals surface area contributed by atoms with Gasteiger partial charge in [-0.2, -0.15) is 0 Å². The molecule has 1 saturated heterocycles. The SMILES string of the molecule is O=C(O)c1cccc(C(=O)NC2(c3ccc(Cl)cc3)CCOCC2)n1. The molecule has 0 radical (unpaired) electrons. The van der Waals surface area contributed by atoms with Crippen LogP contribution in [0, 0.1) is 0 Å². The predicted molar refractivity (Wildman–Crippen MR) is 91.8 cm³/mol. The molecule has 2 heterocycles. The number of halogens is 1. The van der Waals surface area contributed by atoms with Crippen molar-refractivity contribution in [3.05, 3.63) is 64.4 Å². The van der Waals surface area contributed by atoms with Crippen molar-refractivity contribution in [1.82, 2.24) is 10.3 Å². The number of nitrogens with zero attached hydrogens (tertiary/aromatic N) is 1. The highest BCUT2D eigenvalue weighted by Gasteiger charge is 2.36. The van der Waals surface area contributed by atoms with E-state index < -0.39 is 17.4 Å². The monoisotopic (exact) mass is 360 g/mol. The summed E-state index contributed by atoms with van der Waals surface area (Å²) in [5.41, 5.74) is 0.240. The van der Waals surface area contributed by atoms with Gasteiger partial charge in [0.25, 0.3) is 5.91 Å². The number of ether oxygens (including phenoxy) is 1. The van der Waals surface area contributed by atoms with Crippen LogP contribution in [0.4, 0.5) is 0 Å². The van der Waals surface area contributed by atoms with E-state index in [1.807, 2.05) is 12.1 Å². The number of carboxylic acid groups (broad SMARTS) is 1. The molecule has 1 aliphatic rings. The van der Waals surface area contributed by atoms with Gasteiger partial charge in [0.15, 0.2) is 0 Å². The summed E-state index contributed by atoms with van der Waals surface area (Å²) in [5, 5.41) is 12.7. The van der Waals surface area contributed by atoms with E-state index in [0.29, 0.717) is 31.1 Å². The Hall–Kier alpha value is -2.44. The second-order valence-electron chi connectivity index (χ2n) is 5.87. The number of nitrogens with one attached hydrogen (secondary N) is 1. The van der Waals surface area contributed by atoms with Crippen LogP contribution in [-0.2, 0) is 10.3 Å². The van der Waals surface area contributed by atoms with E-state index in [0.717, 1.165) is 5.56 Å². The molecule has 0 saturated carbocycles. The van der Waals surface area contributed by atoms with Crippen LogP contribution in [0.1, 0.15) is 39.4 Å². The number of aromatic nitrogens is 1. The Morgan fingerprint density at radius 2 is 1.72 bits per heavy atom. The van der Waals surface area contributed by atoms with Gasteiger partial charge in [-0.15, -0.1) is 0 Å². The number of rotatable bonds is 4. The zero-order chi connectivity index (χ0) is 17.9. The zero-order valence-corrected chi connectivity index (χ0v) is 14.1. The fourth-order valence-corrected chi connectivity index (χ4v) is 3.06. The van der Waals surface area contributed by atoms with E-state index >= 15 is 0 Å². The van der Waals surface area contributed by atoms with Crippen molar-refractivity contribution in [3.8, 4) is 0 Å². The molecule has 0 aliphatic carbocycles. The van der Waals surface area contributed by atoms with Gasteiger partial charge < -0.3 is 15.2 Å². The Kier molecular flexibility index (Phi) is 5.01. The van der Waals surface area contributed by atoms with Crippen molar-refractivity contribution in [2.24, 2.45) is 0 Å². The van der Waals surface area contributed by atoms with Gasteiger partial charge in [-0.25, -0.2) is 9.78 Å². The third-order valence-electron chi connectivity index (χ3n) is 4.30. The van der Waals surface area contributed by atoms with Gasteiger partial charge in [-0.1, -0.05) is 29.8 Å². The second-order valence-corrected chi connectivity index (χ2v) is 6.31. The Morgan fingerprint density at radius 1 is 1.08 bits per heavy atom. The number of pyridine rings is 1. The molecule has 0 atom stereocenters. The summed E-state index contributed by atoms with van der Waals surface area (Å²) in [6.07, 6.45) is 1.22. The fourth-order valence-electron chi connectivity index (χ4n) is 2.94. The average molecular weight is 361 g/mol. The topological polar surface area (TPSA) is 88.5 Å². The van der Waals surface area contributed by atoms with Crippen LogP contribution in [0.5, 0.6) is 0 Å². The second kappa shape index (κ2) is 7.21. The predicted octanol–water partition coefficient (Wildman–Crippen LogP) is 2.87. The quantitative estimate of drug-likeness (QED) is 0.875. The Bertz CT molecular complexity index is 786. The van der Waals surface area contributed by atoms with E-state index in [1.54, 1.807) is 12.1 Å². The molecule has 25 heavy (non-hydrogen) atoms. The number of amides is 1. The minimum atomic E-state index is -1.17. The minimum Gasteiger partial charge on any atom is -0.477 e. The van der Waals surface area contributed by atoms with Crippen LogP contribution in [0.15, 0.2) is 42.5 Å². The maximum atomic E-state index is 12.7. The molecule has 2 N–H and O–H groups in total. The molecule has 1 aromatic carbocycles. The molecule has 1 fully saturated rings. The number of hydrogen-bond acceptors (Lipinski definition) is 4. The van der Waals surface area contributed by atoms with Crippen LogP contribution >= 0.6 is 11.6 Å². The van der Waals surface area contributed by atoms with Crippen molar-refractivity contribution in [2.45, 2.75) is 18.4 Å². The molecule has 0 unspecified atom stereocenters. The number of carboxylic acids is 1. The molecule has 7 heteroatoms. The first kappa shape index (κ1) is 17.4. The maximum absolute atomic E-state index is 12.7. The summed E-state index contributed by atoms with van der Waals surface area (Å²) in [4.78, 5) is 27.7. The van der Waals surface area contributed by atoms with E-state index in [9.17, 15) is 9.59 Å². The van der Waals surface area contributed by atoms with Gasteiger partial charge >= 0.3 is 5.97 Å². The standard InChI is InChI=1S/C18H17ClN2O4/c19-13-6-4-12(5-7-13)18(8-10-25-11-9-18)21-16(22)14-2-1-3-15(20-14)17(23)24/h1-7H,8-11H2,(H,21,22)(H,23,24). The smallest absolute Gasteiger partial charge is 0.354 e. The first-order chi connectivity index (χ1) is 12.0. The third-order valence-corrected chi connectivity index (χ3v) is 4.55. The summed E-state index contributed by atoms with van der Waals surface area (Å²) < 4.78 is 5.44. The molecule has 2 aromatic rings. The van der Waals surface area contributed by atoms with E-state index in [2.05, 4.69) is 10.3 Å². The zero-order valence-electron chi connectivity index (χ0n) is 13.4. The third kappa shape index (κ3) is 3.81. The Balaban J connectivity index is 1.90. The molecule has 0 spiro atoms. The van der Waals surface area contributed by atoms with Crippen LogP contribution in [0.3, 0.4) is 0 Å². The molecule has 3 rings (SSSR count). The summed E-state index contributed by atoms with van der Waals surface area (Å²) in [7, 11) is 0. The van der Waals surface area contributed by atoms with Gasteiger partial charge in [-0.05, 0) is 42.7 Å². The molecular weight excluding hydrogens is 344 g/mol. The summed E-state index contributed by atoms with van der Waals surface area (Å²) in [5.74, 6) is -1.59. The van der Waals surface area contributed by atoms with E-state index in [4.69, 9.17) is 21.4 Å². The molecular formula is C18H17ClN2O4. The lowest BCUT2D eigenvalue weighted by atomic mass is 9.82. The number of aromatic carboxylic acids is 1. The largest absolute Gasteiger partial charge is 0.477 e. The first-order valence-corrected chi connectivity index (χ1v) is 8.25. The highest BCUT2D eigenvalue weighted by atomic mass is 35.5. The molecule has 1 amide bonds. The first-order valence-electron chi connectivity index (χ1n) is 7.87. The highest BCUT2D eigenvalue weighted by molar-refractivity contribution is 6.30. The minimum absolute atomic E-state index is 0.0692. The van der Waals surface area contributed by atoms with Crippen molar-refractivity contribution in [2.75, 3.05) is 13.2 Å². The van der Waals surface area contributed by atoms with Crippen LogP contribution in [0.2, 0.25) is 5.02 Å². The molecule has 0 bridgehead atoms. The number of carbonyl (C=O) groups excluding carboxylic acids is 1. The van der Waals surface area contributed by atoms with Gasteiger partial charge in [0, 0.05) is 18.2 Å². The number of benzene rings is 1. The molecule has 1 aromatic heterocycles. The van der Waals surface area contributed by atoms with Gasteiger partial charge in [-0.3, -0.25) is 4.79 Å². The highest BCUT2D eigenvalue weighted by Crippen LogP contribution is 2.33. The van der Waals surface area contributed by atoms with Crippen molar-refractivity contribution < 1.29 is 19.4 Å². The van der Waals surface area contributed by atoms with E-state index in [-0.39, 0.29) is 11.4 Å². The van der Waals surface area contributed by atoms with Crippen LogP contribution < -0.4 is 5.32 Å². The summed E-state index contributed by atoms with van der Waals surface area (Å²) in [6, 6.07) is 11.7. The normalized spacial score (nSPS) is 16.2. The van der Waals surface area contributed by atoms with Crippen LogP contribution in [-0.4, -0.2) is 35.2 Å². The lowest BCUT2D eigenvalue weighted by Gasteiger charge is -2.38. The summed E-state index contributed by atoms with van der Waals surface area (Å²) in [6.45, 7) is 1.04. The summed E-state index contributed by atoms with van der Waals surface area (Å²) >= 11 is 5.97. The average Bonchev–Trinajstić information content (AvgIpc) is 2.63. The van der Waals surface area contributed by atoms with Crippen molar-refractivity contribution >= 4 is 23.5 Å². The van der Waals surface area contributed by atoms with Gasteiger partial charge in [0.1, 0.15) is 11.4 Å². The Morgan fingerprint density at radius 3 is 2.36 bits per heavy atom. The fraction of sp³-hybridized carbons (Fsp3) is 0.278. The Labute approximate surface area is 149 Å². The van der Waals surface area contributed by atoms with Gasteiger partial charge in [0.05, 0.1) is 5.54 Å². The van der Waals surface area contributed by atoms with Crippen molar-refractivity contribution in [1.29, 1.82) is 0 Å². The number of carbonyl (C=O) groups is 2. The van der Waals surface area contributed by atoms with Crippen molar-refractivity contribution in [3.63, 3.8) is 0 Å². The van der Waals surface area contributed by atoms with Crippen LogP contribution in [0.25, 0.3) is 0 Å².